The van der Waals surface area contributed by atoms with Crippen LogP contribution in [0.1, 0.15) is 46.5 Å². The Morgan fingerprint density at radius 2 is 2.00 bits per heavy atom. The van der Waals surface area contributed by atoms with Crippen LogP contribution in [0.2, 0.25) is 0 Å². The van der Waals surface area contributed by atoms with Gasteiger partial charge in [-0.3, -0.25) is 16.2 Å². The second-order valence-electron chi connectivity index (χ2n) is 5.37. The Morgan fingerprint density at radius 3 is 2.44 bits per heavy atom. The summed E-state index contributed by atoms with van der Waals surface area (Å²) in [6, 6.07) is 0.290. The minimum atomic E-state index is 0.114. The van der Waals surface area contributed by atoms with E-state index >= 15 is 0 Å². The standard InChI is InChI=1S/C13H27N3/c1-5-11(2)10-12(15-14)13(3,4)16-8-6-7-9-16/h12,15H,2,5-10,14H2,1,3-4H3. The summed E-state index contributed by atoms with van der Waals surface area (Å²) in [6.45, 7) is 13.2. The molecule has 1 heterocycles. The Hall–Kier alpha value is -0.380. The summed E-state index contributed by atoms with van der Waals surface area (Å²) in [6.07, 6.45) is 4.63. The highest BCUT2D eigenvalue weighted by Gasteiger charge is 2.36. The van der Waals surface area contributed by atoms with Crippen molar-refractivity contribution >= 4 is 0 Å². The van der Waals surface area contributed by atoms with Crippen molar-refractivity contribution < 1.29 is 0 Å². The van der Waals surface area contributed by atoms with Gasteiger partial charge in [-0.1, -0.05) is 19.1 Å². The van der Waals surface area contributed by atoms with Crippen molar-refractivity contribution in [1.82, 2.24) is 10.3 Å². The maximum absolute atomic E-state index is 5.71. The summed E-state index contributed by atoms with van der Waals surface area (Å²) in [5.74, 6) is 5.71. The van der Waals surface area contributed by atoms with Crippen molar-refractivity contribution in [3.05, 3.63) is 12.2 Å². The highest BCUT2D eigenvalue weighted by atomic mass is 15.3. The van der Waals surface area contributed by atoms with E-state index in [1.54, 1.807) is 0 Å². The predicted molar refractivity (Wildman–Crippen MR) is 70.0 cm³/mol. The molecule has 0 aliphatic carbocycles. The molecule has 1 aliphatic heterocycles. The average molecular weight is 225 g/mol. The molecule has 1 rings (SSSR count). The molecule has 3 heteroatoms. The Labute approximate surface area is 100 Å². The van der Waals surface area contributed by atoms with Gasteiger partial charge < -0.3 is 0 Å². The Morgan fingerprint density at radius 1 is 1.44 bits per heavy atom. The van der Waals surface area contributed by atoms with Gasteiger partial charge in [0, 0.05) is 11.6 Å². The molecule has 3 N–H and O–H groups in total. The number of likely N-dealkylation sites (tertiary alicyclic amines) is 1. The second kappa shape index (κ2) is 5.80. The van der Waals surface area contributed by atoms with Crippen LogP contribution in [0.4, 0.5) is 0 Å². The fraction of sp³-hybridized carbons (Fsp3) is 0.846. The van der Waals surface area contributed by atoms with Gasteiger partial charge in [0.1, 0.15) is 0 Å². The van der Waals surface area contributed by atoms with Gasteiger partial charge in [-0.25, -0.2) is 0 Å². The molecule has 0 aromatic heterocycles. The number of hydrazine groups is 1. The summed E-state index contributed by atoms with van der Waals surface area (Å²) < 4.78 is 0. The van der Waals surface area contributed by atoms with Crippen LogP contribution in [0.3, 0.4) is 0 Å². The van der Waals surface area contributed by atoms with Crippen LogP contribution >= 0.6 is 0 Å². The topological polar surface area (TPSA) is 41.3 Å². The molecule has 1 atom stereocenters. The van der Waals surface area contributed by atoms with E-state index in [1.807, 2.05) is 0 Å². The maximum Gasteiger partial charge on any atom is 0.0426 e. The monoisotopic (exact) mass is 225 g/mol. The third kappa shape index (κ3) is 3.06. The van der Waals surface area contributed by atoms with E-state index < -0.39 is 0 Å². The molecular weight excluding hydrogens is 198 g/mol. The van der Waals surface area contributed by atoms with Crippen molar-refractivity contribution in [3.63, 3.8) is 0 Å². The van der Waals surface area contributed by atoms with Gasteiger partial charge in [-0.05, 0) is 52.6 Å². The molecule has 0 saturated carbocycles. The smallest absolute Gasteiger partial charge is 0.0426 e. The van der Waals surface area contributed by atoms with Gasteiger partial charge in [0.25, 0.3) is 0 Å². The fourth-order valence-electron chi connectivity index (χ4n) is 2.46. The Bertz CT molecular complexity index is 229. The Kier molecular flexibility index (Phi) is 4.96. The number of nitrogens with two attached hydrogens (primary N) is 1. The lowest BCUT2D eigenvalue weighted by molar-refractivity contribution is 0.106. The van der Waals surface area contributed by atoms with Gasteiger partial charge in [0.2, 0.25) is 0 Å². The molecule has 94 valence electrons. The third-order valence-electron chi connectivity index (χ3n) is 3.97. The normalized spacial score (nSPS) is 20.0. The van der Waals surface area contributed by atoms with Crippen LogP contribution in [-0.4, -0.2) is 29.6 Å². The van der Waals surface area contributed by atoms with Crippen molar-refractivity contribution in [3.8, 4) is 0 Å². The first-order chi connectivity index (χ1) is 7.52. The van der Waals surface area contributed by atoms with Gasteiger partial charge in [0.05, 0.1) is 0 Å². The molecule has 0 spiro atoms. The summed E-state index contributed by atoms with van der Waals surface area (Å²) >= 11 is 0. The SMILES string of the molecule is C=C(CC)CC(NN)C(C)(C)N1CCCC1. The van der Waals surface area contributed by atoms with Crippen LogP contribution in [-0.2, 0) is 0 Å². The number of nitrogens with one attached hydrogen (secondary N) is 1. The van der Waals surface area contributed by atoms with E-state index in [-0.39, 0.29) is 11.6 Å². The molecule has 1 aliphatic rings. The molecule has 1 saturated heterocycles. The van der Waals surface area contributed by atoms with Crippen molar-refractivity contribution in [2.24, 2.45) is 5.84 Å². The van der Waals surface area contributed by atoms with Gasteiger partial charge in [0.15, 0.2) is 0 Å². The first kappa shape index (κ1) is 13.7. The quantitative estimate of drug-likeness (QED) is 0.413. The number of hydrogen-bond donors (Lipinski definition) is 2. The molecule has 16 heavy (non-hydrogen) atoms. The molecule has 0 bridgehead atoms. The van der Waals surface area contributed by atoms with Crippen LogP contribution in [0.15, 0.2) is 12.2 Å². The van der Waals surface area contributed by atoms with E-state index in [0.717, 1.165) is 12.8 Å². The largest absolute Gasteiger partial charge is 0.297 e. The fourth-order valence-corrected chi connectivity index (χ4v) is 2.46. The van der Waals surface area contributed by atoms with E-state index in [1.165, 1.54) is 31.5 Å². The lowest BCUT2D eigenvalue weighted by Crippen LogP contribution is -2.58. The lowest BCUT2D eigenvalue weighted by atomic mass is 9.88. The zero-order chi connectivity index (χ0) is 12.2. The number of nitrogens with zero attached hydrogens (tertiary/aromatic N) is 1. The van der Waals surface area contributed by atoms with Crippen molar-refractivity contribution in [2.45, 2.75) is 58.0 Å². The first-order valence-electron chi connectivity index (χ1n) is 6.40. The van der Waals surface area contributed by atoms with Gasteiger partial charge in [-0.2, -0.15) is 0 Å². The minimum Gasteiger partial charge on any atom is -0.297 e. The molecule has 3 nitrogen and oxygen atoms in total. The van der Waals surface area contributed by atoms with E-state index in [0.29, 0.717) is 0 Å². The highest BCUT2D eigenvalue weighted by molar-refractivity contribution is 5.04. The van der Waals surface area contributed by atoms with Crippen LogP contribution in [0.5, 0.6) is 0 Å². The summed E-state index contributed by atoms with van der Waals surface area (Å²) in [4.78, 5) is 2.54. The predicted octanol–water partition coefficient (Wildman–Crippen LogP) is 2.05. The maximum atomic E-state index is 5.71. The van der Waals surface area contributed by atoms with Crippen LogP contribution in [0, 0.1) is 0 Å². The Balaban J connectivity index is 2.64. The summed E-state index contributed by atoms with van der Waals surface area (Å²) in [5.41, 5.74) is 4.37. The molecule has 1 fully saturated rings. The van der Waals surface area contributed by atoms with E-state index in [9.17, 15) is 0 Å². The number of hydrogen-bond acceptors (Lipinski definition) is 3. The molecule has 0 amide bonds. The summed E-state index contributed by atoms with van der Waals surface area (Å²) in [5, 5.41) is 0. The average Bonchev–Trinajstić information content (AvgIpc) is 2.78. The molecular formula is C13H27N3. The molecule has 0 aromatic rings. The van der Waals surface area contributed by atoms with E-state index in [4.69, 9.17) is 5.84 Å². The number of rotatable bonds is 6. The van der Waals surface area contributed by atoms with Crippen LogP contribution in [0.25, 0.3) is 0 Å². The minimum absolute atomic E-state index is 0.114. The molecule has 0 radical (unpaired) electrons. The second-order valence-corrected chi connectivity index (χ2v) is 5.37. The zero-order valence-electron chi connectivity index (χ0n) is 11.1. The first-order valence-corrected chi connectivity index (χ1v) is 6.40. The van der Waals surface area contributed by atoms with E-state index in [2.05, 4.69) is 37.7 Å². The zero-order valence-corrected chi connectivity index (χ0v) is 11.1. The van der Waals surface area contributed by atoms with Crippen LogP contribution < -0.4 is 11.3 Å². The van der Waals surface area contributed by atoms with Gasteiger partial charge in [-0.15, -0.1) is 0 Å². The van der Waals surface area contributed by atoms with Crippen molar-refractivity contribution in [1.29, 1.82) is 0 Å². The molecule has 1 unspecified atom stereocenters. The van der Waals surface area contributed by atoms with Gasteiger partial charge >= 0.3 is 0 Å². The molecule has 0 aromatic carbocycles. The lowest BCUT2D eigenvalue weighted by Gasteiger charge is -2.42. The highest BCUT2D eigenvalue weighted by Crippen LogP contribution is 2.27. The summed E-state index contributed by atoms with van der Waals surface area (Å²) in [7, 11) is 0. The third-order valence-corrected chi connectivity index (χ3v) is 3.97. The van der Waals surface area contributed by atoms with Crippen molar-refractivity contribution in [2.75, 3.05) is 13.1 Å².